The fourth-order valence-corrected chi connectivity index (χ4v) is 5.47. The standard InChI is InChI=1S/C21H25O5P/c1-16-8-7-9-17(2)20(16)21(23)27(24,18-10-5-4-6-11-18)15-12-19(22)26-14-13-25-3/h4-11H,12-15H2,1-3H3. The molecular weight excluding hydrogens is 363 g/mol. The van der Waals surface area contributed by atoms with E-state index in [1.165, 1.54) is 7.11 Å². The molecule has 0 N–H and O–H groups in total. The molecule has 0 radical (unpaired) electrons. The van der Waals surface area contributed by atoms with Gasteiger partial charge in [0.05, 0.1) is 13.0 Å². The maximum Gasteiger partial charge on any atom is 0.306 e. The summed E-state index contributed by atoms with van der Waals surface area (Å²) >= 11 is 0. The molecule has 0 aliphatic carbocycles. The van der Waals surface area contributed by atoms with Crippen molar-refractivity contribution < 1.29 is 23.6 Å². The molecule has 0 saturated carbocycles. The third-order valence-corrected chi connectivity index (χ3v) is 7.24. The van der Waals surface area contributed by atoms with Crippen LogP contribution in [0.25, 0.3) is 0 Å². The second-order valence-electron chi connectivity index (χ2n) is 6.33. The average Bonchev–Trinajstić information content (AvgIpc) is 2.66. The summed E-state index contributed by atoms with van der Waals surface area (Å²) in [5, 5.41) is 0.461. The minimum absolute atomic E-state index is 0.0601. The van der Waals surface area contributed by atoms with Crippen molar-refractivity contribution >= 4 is 23.9 Å². The number of hydrogen-bond donors (Lipinski definition) is 0. The summed E-state index contributed by atoms with van der Waals surface area (Å²) in [6.45, 7) is 4.09. The number of carbonyl (C=O) groups is 2. The van der Waals surface area contributed by atoms with Crippen LogP contribution in [-0.4, -0.2) is 38.0 Å². The summed E-state index contributed by atoms with van der Waals surface area (Å²) in [4.78, 5) is 25.3. The first-order chi connectivity index (χ1) is 12.9. The molecule has 0 spiro atoms. The highest BCUT2D eigenvalue weighted by molar-refractivity contribution is 7.87. The number of methoxy groups -OCH3 is 1. The summed E-state index contributed by atoms with van der Waals surface area (Å²) < 4.78 is 23.8. The summed E-state index contributed by atoms with van der Waals surface area (Å²) in [7, 11) is -1.99. The molecule has 1 atom stereocenters. The molecule has 1 unspecified atom stereocenters. The van der Waals surface area contributed by atoms with Gasteiger partial charge in [0, 0.05) is 24.1 Å². The SMILES string of the molecule is COCCOC(=O)CCP(=O)(C(=O)c1c(C)cccc1C)c1ccccc1. The van der Waals surface area contributed by atoms with Crippen molar-refractivity contribution in [2.24, 2.45) is 0 Å². The van der Waals surface area contributed by atoms with Crippen LogP contribution in [0.4, 0.5) is 0 Å². The lowest BCUT2D eigenvalue weighted by atomic mass is 10.0. The fraction of sp³-hybridized carbons (Fsp3) is 0.333. The molecule has 0 heterocycles. The van der Waals surface area contributed by atoms with Gasteiger partial charge < -0.3 is 14.0 Å². The summed E-state index contributed by atoms with van der Waals surface area (Å²) in [5.41, 5.74) is 1.61. The first-order valence-electron chi connectivity index (χ1n) is 8.80. The molecule has 27 heavy (non-hydrogen) atoms. The Hall–Kier alpha value is -2.23. The van der Waals surface area contributed by atoms with Gasteiger partial charge in [0.1, 0.15) is 6.61 Å². The largest absolute Gasteiger partial charge is 0.463 e. The maximum atomic E-state index is 13.9. The van der Waals surface area contributed by atoms with Crippen molar-refractivity contribution in [1.82, 2.24) is 0 Å². The van der Waals surface area contributed by atoms with Gasteiger partial charge in [-0.15, -0.1) is 0 Å². The molecule has 2 aromatic carbocycles. The summed E-state index contributed by atoms with van der Waals surface area (Å²) in [6, 6.07) is 14.2. The lowest BCUT2D eigenvalue weighted by Crippen LogP contribution is -2.20. The molecule has 144 valence electrons. The van der Waals surface area contributed by atoms with Gasteiger partial charge in [0.2, 0.25) is 5.52 Å². The van der Waals surface area contributed by atoms with Crippen LogP contribution in [0.3, 0.4) is 0 Å². The number of aryl methyl sites for hydroxylation is 2. The molecule has 0 amide bonds. The van der Waals surface area contributed by atoms with E-state index in [2.05, 4.69) is 0 Å². The van der Waals surface area contributed by atoms with E-state index in [1.807, 2.05) is 32.0 Å². The minimum Gasteiger partial charge on any atom is -0.463 e. The van der Waals surface area contributed by atoms with Gasteiger partial charge >= 0.3 is 5.97 Å². The summed E-state index contributed by atoms with van der Waals surface area (Å²) in [6.07, 6.45) is -0.151. The zero-order chi connectivity index (χ0) is 19.9. The van der Waals surface area contributed by atoms with Gasteiger partial charge in [-0.2, -0.15) is 0 Å². The van der Waals surface area contributed by atoms with Crippen molar-refractivity contribution in [3.05, 3.63) is 65.2 Å². The van der Waals surface area contributed by atoms with Crippen molar-refractivity contribution in [3.63, 3.8) is 0 Å². The van der Waals surface area contributed by atoms with Crippen LogP contribution in [0.5, 0.6) is 0 Å². The van der Waals surface area contributed by atoms with E-state index in [9.17, 15) is 14.2 Å². The molecule has 0 aliphatic rings. The number of rotatable bonds is 9. The van der Waals surface area contributed by atoms with Crippen LogP contribution in [0, 0.1) is 13.8 Å². The molecule has 0 fully saturated rings. The highest BCUT2D eigenvalue weighted by Gasteiger charge is 2.36. The molecule has 6 heteroatoms. The van der Waals surface area contributed by atoms with Crippen LogP contribution in [0.15, 0.2) is 48.5 Å². The Morgan fingerprint density at radius 1 is 0.926 bits per heavy atom. The first-order valence-corrected chi connectivity index (χ1v) is 10.7. The fourth-order valence-electron chi connectivity index (χ4n) is 2.91. The maximum absolute atomic E-state index is 13.9. The number of esters is 1. The van der Waals surface area contributed by atoms with Crippen molar-refractivity contribution in [3.8, 4) is 0 Å². The second-order valence-corrected chi connectivity index (χ2v) is 9.18. The first kappa shape index (κ1) is 21.1. The Kier molecular flexibility index (Phi) is 7.52. The smallest absolute Gasteiger partial charge is 0.306 e. The number of carbonyl (C=O) groups excluding carboxylic acids is 2. The Labute approximate surface area is 160 Å². The molecular formula is C21H25O5P. The van der Waals surface area contributed by atoms with Crippen LogP contribution in [-0.2, 0) is 18.8 Å². The van der Waals surface area contributed by atoms with E-state index in [0.29, 0.717) is 17.5 Å². The second kappa shape index (κ2) is 9.63. The van der Waals surface area contributed by atoms with Crippen LogP contribution >= 0.6 is 7.14 Å². The van der Waals surface area contributed by atoms with Crippen molar-refractivity contribution in [2.75, 3.05) is 26.5 Å². The van der Waals surface area contributed by atoms with Crippen LogP contribution < -0.4 is 5.30 Å². The normalized spacial score (nSPS) is 13.0. The van der Waals surface area contributed by atoms with E-state index < -0.39 is 18.6 Å². The number of ether oxygens (including phenoxy) is 2. The highest BCUT2D eigenvalue weighted by atomic mass is 31.2. The zero-order valence-corrected chi connectivity index (χ0v) is 16.8. The van der Waals surface area contributed by atoms with E-state index in [1.54, 1.807) is 30.3 Å². The predicted octanol–water partition coefficient (Wildman–Crippen LogP) is 3.71. The van der Waals surface area contributed by atoms with E-state index in [4.69, 9.17) is 9.47 Å². The van der Waals surface area contributed by atoms with Gasteiger partial charge in [-0.1, -0.05) is 48.5 Å². The van der Waals surface area contributed by atoms with Gasteiger partial charge in [-0.25, -0.2) is 0 Å². The number of benzene rings is 2. The third-order valence-electron chi connectivity index (χ3n) is 4.38. The van der Waals surface area contributed by atoms with E-state index >= 15 is 0 Å². The van der Waals surface area contributed by atoms with Crippen molar-refractivity contribution in [1.29, 1.82) is 0 Å². The Morgan fingerprint density at radius 3 is 2.15 bits per heavy atom. The Balaban J connectivity index is 2.33. The quantitative estimate of drug-likeness (QED) is 0.372. The van der Waals surface area contributed by atoms with Gasteiger partial charge in [-0.3, -0.25) is 9.59 Å². The Bertz CT molecular complexity index is 825. The van der Waals surface area contributed by atoms with E-state index in [-0.39, 0.29) is 19.2 Å². The lowest BCUT2D eigenvalue weighted by molar-refractivity contribution is -0.144. The predicted molar refractivity (Wildman–Crippen MR) is 106 cm³/mol. The van der Waals surface area contributed by atoms with E-state index in [0.717, 1.165) is 11.1 Å². The molecule has 0 aliphatic heterocycles. The molecule has 2 aromatic rings. The number of hydrogen-bond acceptors (Lipinski definition) is 5. The molecule has 5 nitrogen and oxygen atoms in total. The van der Waals surface area contributed by atoms with Gasteiger partial charge in [0.25, 0.3) is 0 Å². The zero-order valence-electron chi connectivity index (χ0n) is 15.9. The van der Waals surface area contributed by atoms with Gasteiger partial charge in [0.15, 0.2) is 7.14 Å². The van der Waals surface area contributed by atoms with Crippen LogP contribution in [0.2, 0.25) is 0 Å². The topological polar surface area (TPSA) is 69.7 Å². The lowest BCUT2D eigenvalue weighted by Gasteiger charge is -2.19. The highest BCUT2D eigenvalue weighted by Crippen LogP contribution is 2.49. The molecule has 0 aromatic heterocycles. The summed E-state index contributed by atoms with van der Waals surface area (Å²) in [5.74, 6) is -0.488. The third kappa shape index (κ3) is 5.15. The molecule has 0 saturated heterocycles. The van der Waals surface area contributed by atoms with Crippen LogP contribution in [0.1, 0.15) is 27.9 Å². The average molecular weight is 388 g/mol. The molecule has 2 rings (SSSR count). The van der Waals surface area contributed by atoms with Gasteiger partial charge in [-0.05, 0) is 25.0 Å². The minimum atomic E-state index is -3.50. The van der Waals surface area contributed by atoms with Crippen molar-refractivity contribution in [2.45, 2.75) is 20.3 Å². The monoisotopic (exact) mass is 388 g/mol. The Morgan fingerprint density at radius 2 is 1.56 bits per heavy atom. The molecule has 0 bridgehead atoms.